The van der Waals surface area contributed by atoms with Gasteiger partial charge in [-0.05, 0) is 6.42 Å². The lowest BCUT2D eigenvalue weighted by Crippen LogP contribution is -1.89. The first-order valence-electron chi connectivity index (χ1n) is 4.20. The molecule has 2 nitrogen and oxygen atoms in total. The third-order valence-corrected chi connectivity index (χ3v) is 3.10. The van der Waals surface area contributed by atoms with E-state index in [1.54, 1.807) is 14.2 Å². The fourth-order valence-corrected chi connectivity index (χ4v) is 1.92. The zero-order valence-corrected chi connectivity index (χ0v) is 8.69. The number of rotatable bonds is 7. The Morgan fingerprint density at radius 1 is 1.00 bits per heavy atom. The van der Waals surface area contributed by atoms with Gasteiger partial charge < -0.3 is 9.05 Å². The van der Waals surface area contributed by atoms with Crippen LogP contribution in [0.25, 0.3) is 0 Å². The van der Waals surface area contributed by atoms with Crippen molar-refractivity contribution in [3.63, 3.8) is 0 Å². The Labute approximate surface area is 71.2 Å². The van der Waals surface area contributed by atoms with Gasteiger partial charge in [-0.2, -0.15) is 0 Å². The molecule has 0 spiro atoms. The summed E-state index contributed by atoms with van der Waals surface area (Å²) >= 11 is 0. The highest BCUT2D eigenvalue weighted by molar-refractivity contribution is 7.47. The maximum atomic E-state index is 5.12. The average Bonchev–Trinajstić information content (AvgIpc) is 2.05. The molecule has 68 valence electrons. The molecule has 0 bridgehead atoms. The first-order chi connectivity index (χ1) is 5.35. The number of unbranched alkanes of at least 4 members (excludes halogenated alkanes) is 3. The van der Waals surface area contributed by atoms with Crippen LogP contribution in [-0.4, -0.2) is 20.4 Å². The van der Waals surface area contributed by atoms with Gasteiger partial charge in [0.2, 0.25) is 0 Å². The van der Waals surface area contributed by atoms with Crippen LogP contribution in [0.3, 0.4) is 0 Å². The first-order valence-corrected chi connectivity index (χ1v) is 5.57. The summed E-state index contributed by atoms with van der Waals surface area (Å²) < 4.78 is 10.2. The van der Waals surface area contributed by atoms with Gasteiger partial charge in [0.1, 0.15) is 0 Å². The molecule has 11 heavy (non-hydrogen) atoms. The Morgan fingerprint density at radius 2 is 1.64 bits per heavy atom. The summed E-state index contributed by atoms with van der Waals surface area (Å²) in [5, 5.41) is 0. The van der Waals surface area contributed by atoms with Gasteiger partial charge in [-0.25, -0.2) is 0 Å². The summed E-state index contributed by atoms with van der Waals surface area (Å²) in [6, 6.07) is 0. The molecule has 0 aliphatic rings. The lowest BCUT2D eigenvalue weighted by molar-refractivity contribution is 0.339. The van der Waals surface area contributed by atoms with Crippen molar-refractivity contribution in [1.29, 1.82) is 0 Å². The van der Waals surface area contributed by atoms with E-state index in [0.717, 1.165) is 6.16 Å². The largest absolute Gasteiger partial charge is 0.337 e. The van der Waals surface area contributed by atoms with Crippen LogP contribution in [0.2, 0.25) is 0 Å². The maximum Gasteiger partial charge on any atom is 0.169 e. The van der Waals surface area contributed by atoms with Crippen LogP contribution >= 0.6 is 8.38 Å². The topological polar surface area (TPSA) is 18.5 Å². The number of hydrogen-bond donors (Lipinski definition) is 0. The van der Waals surface area contributed by atoms with E-state index in [2.05, 4.69) is 6.92 Å². The number of hydrogen-bond acceptors (Lipinski definition) is 2. The molecule has 3 heteroatoms. The molecule has 0 aliphatic heterocycles. The van der Waals surface area contributed by atoms with Gasteiger partial charge in [0.05, 0.1) is 0 Å². The molecule has 0 radical (unpaired) electrons. The van der Waals surface area contributed by atoms with Gasteiger partial charge in [-0.15, -0.1) is 0 Å². The Kier molecular flexibility index (Phi) is 8.72. The van der Waals surface area contributed by atoms with E-state index in [-0.39, 0.29) is 0 Å². The molecule has 0 heterocycles. The Morgan fingerprint density at radius 3 is 2.09 bits per heavy atom. The minimum Gasteiger partial charge on any atom is -0.337 e. The van der Waals surface area contributed by atoms with Crippen LogP contribution < -0.4 is 0 Å². The summed E-state index contributed by atoms with van der Waals surface area (Å²) in [5.41, 5.74) is 0. The summed E-state index contributed by atoms with van der Waals surface area (Å²) in [7, 11) is 2.86. The highest BCUT2D eigenvalue weighted by Crippen LogP contribution is 2.36. The molecule has 0 rings (SSSR count). The van der Waals surface area contributed by atoms with E-state index >= 15 is 0 Å². The molecule has 0 fully saturated rings. The second-order valence-corrected chi connectivity index (χ2v) is 4.33. The second-order valence-electron chi connectivity index (χ2n) is 2.48. The summed E-state index contributed by atoms with van der Waals surface area (Å²) in [4.78, 5) is 0. The van der Waals surface area contributed by atoms with Crippen molar-refractivity contribution in [3.05, 3.63) is 0 Å². The van der Waals surface area contributed by atoms with Gasteiger partial charge in [0, 0.05) is 20.4 Å². The van der Waals surface area contributed by atoms with E-state index in [0.29, 0.717) is 0 Å². The molecule has 0 aliphatic carbocycles. The van der Waals surface area contributed by atoms with E-state index in [1.807, 2.05) is 0 Å². The van der Waals surface area contributed by atoms with Crippen LogP contribution in [0.5, 0.6) is 0 Å². The third-order valence-electron chi connectivity index (χ3n) is 1.60. The predicted molar refractivity (Wildman–Crippen MR) is 49.9 cm³/mol. The molecular formula is C8H19O2P. The van der Waals surface area contributed by atoms with E-state index < -0.39 is 8.38 Å². The molecule has 0 amide bonds. The van der Waals surface area contributed by atoms with Crippen molar-refractivity contribution in [3.8, 4) is 0 Å². The van der Waals surface area contributed by atoms with Gasteiger partial charge in [0.15, 0.2) is 8.38 Å². The zero-order chi connectivity index (χ0) is 8.53. The second kappa shape index (κ2) is 8.45. The molecule has 0 aromatic heterocycles. The van der Waals surface area contributed by atoms with Crippen molar-refractivity contribution in [2.45, 2.75) is 32.6 Å². The SMILES string of the molecule is CCCCCCP(OC)OC. The molecule has 0 saturated carbocycles. The smallest absolute Gasteiger partial charge is 0.169 e. The van der Waals surface area contributed by atoms with Gasteiger partial charge in [-0.3, -0.25) is 0 Å². The van der Waals surface area contributed by atoms with Gasteiger partial charge >= 0.3 is 0 Å². The molecular weight excluding hydrogens is 159 g/mol. The lowest BCUT2D eigenvalue weighted by Gasteiger charge is -2.10. The molecule has 0 atom stereocenters. The predicted octanol–water partition coefficient (Wildman–Crippen LogP) is 3.17. The normalized spacial score (nSPS) is 10.9. The van der Waals surface area contributed by atoms with Crippen LogP contribution in [0, 0.1) is 0 Å². The van der Waals surface area contributed by atoms with Crippen molar-refractivity contribution < 1.29 is 9.05 Å². The van der Waals surface area contributed by atoms with Gasteiger partial charge in [0.25, 0.3) is 0 Å². The molecule has 0 unspecified atom stereocenters. The molecule has 0 N–H and O–H groups in total. The molecule has 0 saturated heterocycles. The Bertz CT molecular complexity index is 74.5. The standard InChI is InChI=1S/C8H19O2P/c1-4-5-6-7-8-11(9-2)10-3/h4-8H2,1-3H3. The zero-order valence-electron chi connectivity index (χ0n) is 7.80. The fraction of sp³-hybridized carbons (Fsp3) is 1.00. The summed E-state index contributed by atoms with van der Waals surface area (Å²) in [6.45, 7) is 2.22. The first kappa shape index (κ1) is 11.4. The van der Waals surface area contributed by atoms with Gasteiger partial charge in [-0.1, -0.05) is 26.2 Å². The minimum absolute atomic E-state index is 0.573. The monoisotopic (exact) mass is 178 g/mol. The van der Waals surface area contributed by atoms with Crippen LogP contribution in [0.1, 0.15) is 32.6 Å². The molecule has 0 aromatic carbocycles. The maximum absolute atomic E-state index is 5.12. The summed E-state index contributed by atoms with van der Waals surface area (Å²) in [6.07, 6.45) is 6.25. The quantitative estimate of drug-likeness (QED) is 0.440. The van der Waals surface area contributed by atoms with Crippen LogP contribution in [0.15, 0.2) is 0 Å². The fourth-order valence-electron chi connectivity index (χ4n) is 0.925. The third kappa shape index (κ3) is 6.74. The highest BCUT2D eigenvalue weighted by atomic mass is 31.2. The van der Waals surface area contributed by atoms with Crippen molar-refractivity contribution in [1.82, 2.24) is 0 Å². The van der Waals surface area contributed by atoms with E-state index in [1.165, 1.54) is 25.7 Å². The van der Waals surface area contributed by atoms with Crippen molar-refractivity contribution in [2.75, 3.05) is 20.4 Å². The van der Waals surface area contributed by atoms with Crippen LogP contribution in [-0.2, 0) is 9.05 Å². The molecule has 0 aromatic rings. The average molecular weight is 178 g/mol. The van der Waals surface area contributed by atoms with Crippen molar-refractivity contribution >= 4 is 8.38 Å². The van der Waals surface area contributed by atoms with Crippen LogP contribution in [0.4, 0.5) is 0 Å². The Hall–Kier alpha value is 0.350. The Balaban J connectivity index is 3.07. The minimum atomic E-state index is -0.573. The summed E-state index contributed by atoms with van der Waals surface area (Å²) in [5.74, 6) is 0. The highest BCUT2D eigenvalue weighted by Gasteiger charge is 2.03. The van der Waals surface area contributed by atoms with E-state index in [4.69, 9.17) is 9.05 Å². The lowest BCUT2D eigenvalue weighted by atomic mass is 10.2. The van der Waals surface area contributed by atoms with E-state index in [9.17, 15) is 0 Å². The van der Waals surface area contributed by atoms with Crippen molar-refractivity contribution in [2.24, 2.45) is 0 Å².